The van der Waals surface area contributed by atoms with Crippen molar-refractivity contribution >= 4 is 17.7 Å². The van der Waals surface area contributed by atoms with E-state index in [2.05, 4.69) is 16.0 Å². The molecule has 3 heterocycles. The van der Waals surface area contributed by atoms with E-state index in [4.69, 9.17) is 4.74 Å². The van der Waals surface area contributed by atoms with Gasteiger partial charge in [0.15, 0.2) is 0 Å². The molecule has 0 saturated carbocycles. The first-order valence-corrected chi connectivity index (χ1v) is 13.0. The van der Waals surface area contributed by atoms with Gasteiger partial charge < -0.3 is 19.4 Å². The van der Waals surface area contributed by atoms with E-state index >= 15 is 0 Å². The van der Waals surface area contributed by atoms with Crippen LogP contribution < -0.4 is 4.74 Å². The smallest absolute Gasteiger partial charge is 0.274 e. The Hall–Kier alpha value is -3.75. The van der Waals surface area contributed by atoms with E-state index < -0.39 is 0 Å². The number of carbonyl (C=O) groups excluding carboxylic acids is 3. The number of nitrogens with zero attached hydrogens (tertiary/aromatic N) is 5. The Bertz CT molecular complexity index is 1120. The Morgan fingerprint density at radius 2 is 1.95 bits per heavy atom. The lowest BCUT2D eigenvalue weighted by molar-refractivity contribution is -0.135. The standard InChI is InChI=1S/C28H35N5O4/c1-3-31(4-2)26(34)16-21-11-14-32-18-22(21)9-7-15-37-25-10-6-5-8-23(25)19-33(20-27(32)35)28(36)24-17-29-12-13-30-24/h5-10,12-13,17,21-22H,3-4,11,14-16,18-20H2,1-2H3/b9-7-/t21-,22-/m0/s1. The molecule has 0 spiro atoms. The van der Waals surface area contributed by atoms with Gasteiger partial charge in [-0.1, -0.05) is 30.4 Å². The topological polar surface area (TPSA) is 95.9 Å². The first-order chi connectivity index (χ1) is 18.0. The van der Waals surface area contributed by atoms with Crippen molar-refractivity contribution < 1.29 is 19.1 Å². The number of carbonyl (C=O) groups is 3. The number of hydrogen-bond donors (Lipinski definition) is 0. The maximum absolute atomic E-state index is 13.5. The predicted octanol–water partition coefficient (Wildman–Crippen LogP) is 2.79. The Kier molecular flexibility index (Phi) is 8.87. The zero-order valence-electron chi connectivity index (χ0n) is 21.6. The van der Waals surface area contributed by atoms with Gasteiger partial charge in [0, 0.05) is 50.6 Å². The van der Waals surface area contributed by atoms with Crippen LogP contribution in [-0.2, 0) is 16.1 Å². The second-order valence-electron chi connectivity index (χ2n) is 9.42. The molecule has 9 heteroatoms. The molecule has 196 valence electrons. The van der Waals surface area contributed by atoms with Crippen LogP contribution in [0, 0.1) is 11.8 Å². The average Bonchev–Trinajstić information content (AvgIpc) is 2.93. The normalized spacial score (nSPS) is 21.0. The highest BCUT2D eigenvalue weighted by molar-refractivity contribution is 5.94. The summed E-state index contributed by atoms with van der Waals surface area (Å²) in [5, 5.41) is 0. The highest BCUT2D eigenvalue weighted by Crippen LogP contribution is 2.29. The molecule has 3 amide bonds. The van der Waals surface area contributed by atoms with Crippen LogP contribution in [-0.4, -0.2) is 81.7 Å². The SMILES string of the molecule is CCN(CC)C(=O)C[C@@H]1CCN2C[C@@H]1/C=C\COc1ccccc1CN(C(=O)c1cnccn1)CC2=O. The predicted molar refractivity (Wildman–Crippen MR) is 139 cm³/mol. The average molecular weight is 506 g/mol. The number of aromatic nitrogens is 2. The molecule has 0 N–H and O–H groups in total. The number of hydrogen-bond acceptors (Lipinski definition) is 6. The van der Waals surface area contributed by atoms with Crippen molar-refractivity contribution in [1.82, 2.24) is 24.7 Å². The molecule has 2 bridgehead atoms. The van der Waals surface area contributed by atoms with Crippen molar-refractivity contribution in [2.75, 3.05) is 39.3 Å². The van der Waals surface area contributed by atoms with Gasteiger partial charge in [0.25, 0.3) is 5.91 Å². The molecular weight excluding hydrogens is 470 g/mol. The molecule has 2 aliphatic heterocycles. The van der Waals surface area contributed by atoms with Gasteiger partial charge in [-0.25, -0.2) is 4.98 Å². The molecule has 0 radical (unpaired) electrons. The van der Waals surface area contributed by atoms with E-state index in [1.807, 2.05) is 54.0 Å². The summed E-state index contributed by atoms with van der Waals surface area (Å²) >= 11 is 0. The second kappa shape index (κ2) is 12.5. The van der Waals surface area contributed by atoms with E-state index in [1.165, 1.54) is 23.5 Å². The van der Waals surface area contributed by atoms with Crippen molar-refractivity contribution in [3.05, 3.63) is 66.3 Å². The summed E-state index contributed by atoms with van der Waals surface area (Å²) < 4.78 is 6.06. The zero-order chi connectivity index (χ0) is 26.2. The Morgan fingerprint density at radius 3 is 2.70 bits per heavy atom. The first kappa shape index (κ1) is 26.3. The number of para-hydroxylation sites is 1. The minimum atomic E-state index is -0.361. The van der Waals surface area contributed by atoms with Crippen LogP contribution >= 0.6 is 0 Å². The molecule has 1 aromatic carbocycles. The first-order valence-electron chi connectivity index (χ1n) is 13.0. The third-order valence-electron chi connectivity index (χ3n) is 7.16. The summed E-state index contributed by atoms with van der Waals surface area (Å²) in [6, 6.07) is 7.53. The van der Waals surface area contributed by atoms with Crippen molar-refractivity contribution in [2.24, 2.45) is 11.8 Å². The number of rotatable bonds is 5. The number of benzene rings is 1. The lowest BCUT2D eigenvalue weighted by Crippen LogP contribution is -2.49. The molecular formula is C28H35N5O4. The fourth-order valence-corrected chi connectivity index (χ4v) is 5.04. The molecule has 2 aromatic rings. The molecule has 0 unspecified atom stereocenters. The number of fused-ring (bicyclic) bond motifs is 3. The molecule has 0 aliphatic carbocycles. The Morgan fingerprint density at radius 1 is 1.14 bits per heavy atom. The summed E-state index contributed by atoms with van der Waals surface area (Å²) in [6.07, 6.45) is 9.63. The van der Waals surface area contributed by atoms with Crippen molar-refractivity contribution in [2.45, 2.75) is 33.2 Å². The molecule has 9 nitrogen and oxygen atoms in total. The summed E-state index contributed by atoms with van der Waals surface area (Å²) in [4.78, 5) is 53.0. The highest BCUT2D eigenvalue weighted by atomic mass is 16.5. The lowest BCUT2D eigenvalue weighted by atomic mass is 9.82. The van der Waals surface area contributed by atoms with Crippen LogP contribution in [0.2, 0.25) is 0 Å². The maximum Gasteiger partial charge on any atom is 0.274 e. The van der Waals surface area contributed by atoms with Crippen LogP contribution in [0.4, 0.5) is 0 Å². The molecule has 1 fully saturated rings. The van der Waals surface area contributed by atoms with Crippen molar-refractivity contribution in [1.29, 1.82) is 0 Å². The van der Waals surface area contributed by atoms with Crippen LogP contribution in [0.5, 0.6) is 5.75 Å². The minimum absolute atomic E-state index is 0.0287. The molecule has 37 heavy (non-hydrogen) atoms. The molecule has 2 aliphatic rings. The largest absolute Gasteiger partial charge is 0.489 e. The van der Waals surface area contributed by atoms with Gasteiger partial charge in [0.2, 0.25) is 11.8 Å². The Balaban J connectivity index is 1.60. The quantitative estimate of drug-likeness (QED) is 0.580. The van der Waals surface area contributed by atoms with Gasteiger partial charge in [-0.15, -0.1) is 0 Å². The van der Waals surface area contributed by atoms with E-state index in [9.17, 15) is 14.4 Å². The van der Waals surface area contributed by atoms with Crippen LogP contribution in [0.15, 0.2) is 55.0 Å². The second-order valence-corrected chi connectivity index (χ2v) is 9.42. The van der Waals surface area contributed by atoms with Crippen LogP contribution in [0.1, 0.15) is 42.7 Å². The van der Waals surface area contributed by atoms with Crippen LogP contribution in [0.3, 0.4) is 0 Å². The fourth-order valence-electron chi connectivity index (χ4n) is 5.04. The molecule has 4 rings (SSSR count). The molecule has 2 atom stereocenters. The van der Waals surface area contributed by atoms with Gasteiger partial charge in [-0.3, -0.25) is 19.4 Å². The minimum Gasteiger partial charge on any atom is -0.489 e. The van der Waals surface area contributed by atoms with E-state index in [-0.39, 0.29) is 48.3 Å². The van der Waals surface area contributed by atoms with E-state index in [0.717, 1.165) is 12.0 Å². The summed E-state index contributed by atoms with van der Waals surface area (Å²) in [5.41, 5.74) is 0.993. The van der Waals surface area contributed by atoms with Crippen molar-refractivity contribution in [3.63, 3.8) is 0 Å². The maximum atomic E-state index is 13.5. The highest BCUT2D eigenvalue weighted by Gasteiger charge is 2.33. The molecule has 1 aromatic heterocycles. The third-order valence-corrected chi connectivity index (χ3v) is 7.16. The summed E-state index contributed by atoms with van der Waals surface area (Å²) in [5.74, 6) is 0.496. The fraction of sp³-hybridized carbons (Fsp3) is 0.464. The van der Waals surface area contributed by atoms with Gasteiger partial charge in [-0.05, 0) is 38.2 Å². The number of amides is 3. The summed E-state index contributed by atoms with van der Waals surface area (Å²) in [7, 11) is 0. The van der Waals surface area contributed by atoms with E-state index in [0.29, 0.717) is 45.0 Å². The lowest BCUT2D eigenvalue weighted by Gasteiger charge is -2.38. The van der Waals surface area contributed by atoms with Crippen LogP contribution in [0.25, 0.3) is 0 Å². The molecule has 1 saturated heterocycles. The Labute approximate surface area is 218 Å². The zero-order valence-corrected chi connectivity index (χ0v) is 21.6. The summed E-state index contributed by atoms with van der Waals surface area (Å²) in [6.45, 7) is 6.91. The van der Waals surface area contributed by atoms with Gasteiger partial charge in [0.1, 0.15) is 24.6 Å². The van der Waals surface area contributed by atoms with Crippen molar-refractivity contribution in [3.8, 4) is 5.75 Å². The van der Waals surface area contributed by atoms with Gasteiger partial charge in [0.05, 0.1) is 12.7 Å². The van der Waals surface area contributed by atoms with Gasteiger partial charge in [-0.2, -0.15) is 0 Å². The van der Waals surface area contributed by atoms with Gasteiger partial charge >= 0.3 is 0 Å². The number of ether oxygens (including phenoxy) is 1. The third kappa shape index (κ3) is 6.53. The number of piperidine rings is 1. The van der Waals surface area contributed by atoms with E-state index in [1.54, 1.807) is 0 Å². The monoisotopic (exact) mass is 505 g/mol.